The van der Waals surface area contributed by atoms with Crippen LogP contribution in [0.3, 0.4) is 0 Å². The van der Waals surface area contributed by atoms with Crippen LogP contribution in [0.25, 0.3) is 0 Å². The quantitative estimate of drug-likeness (QED) is 0.154. The summed E-state index contributed by atoms with van der Waals surface area (Å²) in [6.45, 7) is 7.24. The van der Waals surface area contributed by atoms with Gasteiger partial charge in [-0.1, -0.05) is 17.7 Å². The molecule has 6 N–H and O–H groups in total. The number of alkyl carbamates (subject to hydrolysis) is 1. The number of carbonyl (C=O) groups is 2. The zero-order chi connectivity index (χ0) is 25.9. The smallest absolute Gasteiger partial charge is 0.407 e. The molecule has 0 heterocycles. The summed E-state index contributed by atoms with van der Waals surface area (Å²) in [4.78, 5) is 26.8. The second kappa shape index (κ2) is 12.6. The number of nitrogens with one attached hydrogen (secondary N) is 1. The Morgan fingerprint density at radius 2 is 1.59 bits per heavy atom. The minimum absolute atomic E-state index is 0.0227. The van der Waals surface area contributed by atoms with Crippen LogP contribution in [-0.4, -0.2) is 43.1 Å². The van der Waals surface area contributed by atoms with E-state index < -0.39 is 27.8 Å². The van der Waals surface area contributed by atoms with Gasteiger partial charge in [-0.15, -0.1) is 0 Å². The predicted molar refractivity (Wildman–Crippen MR) is 127 cm³/mol. The van der Waals surface area contributed by atoms with Gasteiger partial charge in [0.05, 0.1) is 17.0 Å². The fourth-order valence-corrected chi connectivity index (χ4v) is 2.69. The van der Waals surface area contributed by atoms with Gasteiger partial charge in [-0.25, -0.2) is 9.79 Å². The van der Waals surface area contributed by atoms with Crippen molar-refractivity contribution in [3.05, 3.63) is 54.1 Å². The molecule has 0 aliphatic carbocycles. The number of hydrogen-bond donors (Lipinski definition) is 4. The second-order valence-corrected chi connectivity index (χ2v) is 9.39. The number of hydrogen-bond acceptors (Lipinski definition) is 7. The third-order valence-electron chi connectivity index (χ3n) is 3.64. The number of carbonyl (C=O) groups excluding carboxylic acids is 2. The lowest BCUT2D eigenvalue weighted by molar-refractivity contribution is -0.134. The first-order valence-electron chi connectivity index (χ1n) is 10.1. The van der Waals surface area contributed by atoms with E-state index in [0.717, 1.165) is 5.56 Å². The van der Waals surface area contributed by atoms with Gasteiger partial charge in [0.2, 0.25) is 0 Å². The van der Waals surface area contributed by atoms with E-state index >= 15 is 0 Å². The normalized spacial score (nSPS) is 10.9. The molecule has 2 aromatic carbocycles. The lowest BCUT2D eigenvalue weighted by Gasteiger charge is -2.19. The molecule has 0 aromatic heterocycles. The summed E-state index contributed by atoms with van der Waals surface area (Å²) in [6, 6.07) is 12.4. The van der Waals surface area contributed by atoms with Crippen LogP contribution in [0.2, 0.25) is 0 Å². The van der Waals surface area contributed by atoms with Gasteiger partial charge in [0.1, 0.15) is 11.4 Å². The van der Waals surface area contributed by atoms with Crippen molar-refractivity contribution >= 4 is 33.8 Å². The first-order chi connectivity index (χ1) is 15.7. The van der Waals surface area contributed by atoms with Gasteiger partial charge in [0.25, 0.3) is 10.1 Å². The summed E-state index contributed by atoms with van der Waals surface area (Å²) >= 11 is 0. The van der Waals surface area contributed by atoms with E-state index in [-0.39, 0.29) is 23.8 Å². The van der Waals surface area contributed by atoms with Crippen molar-refractivity contribution in [1.82, 2.24) is 5.32 Å². The van der Waals surface area contributed by atoms with Gasteiger partial charge in [-0.3, -0.25) is 9.35 Å². The summed E-state index contributed by atoms with van der Waals surface area (Å²) < 4.78 is 39.7. The number of aryl methyl sites for hydroxylation is 1. The zero-order valence-corrected chi connectivity index (χ0v) is 20.3. The van der Waals surface area contributed by atoms with E-state index in [1.165, 1.54) is 12.1 Å². The molecule has 0 spiro atoms. The molecule has 0 fully saturated rings. The first kappa shape index (κ1) is 28.4. The third kappa shape index (κ3) is 12.4. The van der Waals surface area contributed by atoms with Crippen molar-refractivity contribution in [2.24, 2.45) is 16.5 Å². The van der Waals surface area contributed by atoms with Crippen LogP contribution in [0.1, 0.15) is 32.8 Å². The van der Waals surface area contributed by atoms with Crippen molar-refractivity contribution in [2.75, 3.05) is 6.54 Å². The maximum atomic E-state index is 11.7. The molecule has 0 saturated carbocycles. The van der Waals surface area contributed by atoms with E-state index in [4.69, 9.17) is 25.5 Å². The van der Waals surface area contributed by atoms with Crippen molar-refractivity contribution < 1.29 is 32.0 Å². The average molecular weight is 495 g/mol. The maximum Gasteiger partial charge on any atom is 0.407 e. The van der Waals surface area contributed by atoms with Crippen LogP contribution >= 0.6 is 0 Å². The lowest BCUT2D eigenvalue weighted by atomic mass is 10.2. The number of benzene rings is 2. The molecular formula is C22H30N4O7S. The molecule has 12 heteroatoms. The Labute approximate surface area is 198 Å². The molecule has 0 aliphatic heterocycles. The highest BCUT2D eigenvalue weighted by Crippen LogP contribution is 2.18. The van der Waals surface area contributed by atoms with E-state index in [1.54, 1.807) is 57.2 Å². The summed E-state index contributed by atoms with van der Waals surface area (Å²) in [5, 5.41) is 2.48. The Bertz CT molecular complexity index is 1090. The van der Waals surface area contributed by atoms with Crippen molar-refractivity contribution in [3.8, 4) is 5.75 Å². The van der Waals surface area contributed by atoms with Gasteiger partial charge < -0.3 is 26.3 Å². The van der Waals surface area contributed by atoms with Gasteiger partial charge in [0.15, 0.2) is 5.96 Å². The zero-order valence-electron chi connectivity index (χ0n) is 19.4. The molecule has 0 aliphatic rings. The summed E-state index contributed by atoms with van der Waals surface area (Å²) in [7, 11) is -4.02. The highest BCUT2D eigenvalue weighted by atomic mass is 32.2. The molecule has 0 bridgehead atoms. The molecule has 11 nitrogen and oxygen atoms in total. The van der Waals surface area contributed by atoms with Crippen molar-refractivity contribution in [3.63, 3.8) is 0 Å². The third-order valence-corrected chi connectivity index (χ3v) is 4.51. The molecule has 34 heavy (non-hydrogen) atoms. The lowest BCUT2D eigenvalue weighted by Crippen LogP contribution is -2.34. The van der Waals surface area contributed by atoms with Crippen LogP contribution < -0.4 is 21.5 Å². The Morgan fingerprint density at radius 3 is 2.06 bits per heavy atom. The minimum Gasteiger partial charge on any atom is -0.444 e. The number of ether oxygens (including phenoxy) is 2. The molecule has 0 saturated heterocycles. The van der Waals surface area contributed by atoms with Gasteiger partial charge in [-0.05, 0) is 64.1 Å². The highest BCUT2D eigenvalue weighted by Gasteiger charge is 2.16. The number of rotatable bonds is 6. The van der Waals surface area contributed by atoms with Crippen LogP contribution in [0.15, 0.2) is 58.4 Å². The Morgan fingerprint density at radius 1 is 1.03 bits per heavy atom. The van der Waals surface area contributed by atoms with Crippen LogP contribution in [0, 0.1) is 6.92 Å². The monoisotopic (exact) mass is 494 g/mol. The Hall–Kier alpha value is -3.64. The van der Waals surface area contributed by atoms with Crippen molar-refractivity contribution in [1.29, 1.82) is 0 Å². The molecule has 0 atom stereocenters. The topological polar surface area (TPSA) is 183 Å². The largest absolute Gasteiger partial charge is 0.444 e. The number of aliphatic imine (C=N–C) groups is 1. The Kier molecular flexibility index (Phi) is 10.5. The van der Waals surface area contributed by atoms with E-state index in [1.807, 2.05) is 6.92 Å². The predicted octanol–water partition coefficient (Wildman–Crippen LogP) is 2.65. The van der Waals surface area contributed by atoms with Crippen LogP contribution in [0.4, 0.5) is 10.5 Å². The summed E-state index contributed by atoms with van der Waals surface area (Å²) in [5.41, 5.74) is 11.4. The molecule has 186 valence electrons. The molecule has 2 rings (SSSR count). The fraction of sp³-hybridized carbons (Fsp3) is 0.318. The number of guanidine groups is 1. The molecule has 0 unspecified atom stereocenters. The number of nitrogens with two attached hydrogens (primary N) is 2. The first-order valence-corrected chi connectivity index (χ1v) is 11.5. The van der Waals surface area contributed by atoms with E-state index in [2.05, 4.69) is 10.3 Å². The average Bonchev–Trinajstić information content (AvgIpc) is 2.68. The number of nitrogens with zero attached hydrogens (tertiary/aromatic N) is 1. The standard InChI is InChI=1S/C15H22N4O4.C7H8O3S/c1-15(2,3)23-14(21)18-9-8-12(20)22-11-6-4-10(5-7-11)19-13(16)17;1-6-2-4-7(5-3-6)11(8,9)10/h4-7H,8-9H2,1-3H3,(H,18,21)(H4,16,17,19);2-5H,1H3,(H,8,9,10). The van der Waals surface area contributed by atoms with E-state index in [9.17, 15) is 18.0 Å². The Balaban J connectivity index is 0.000000437. The summed E-state index contributed by atoms with van der Waals surface area (Å²) in [6.07, 6.45) is -0.554. The van der Waals surface area contributed by atoms with Crippen molar-refractivity contribution in [2.45, 2.75) is 44.6 Å². The molecule has 2 aromatic rings. The molecule has 0 radical (unpaired) electrons. The van der Waals surface area contributed by atoms with Crippen LogP contribution in [-0.2, 0) is 19.6 Å². The number of amides is 1. The SMILES string of the molecule is CC(C)(C)OC(=O)NCCC(=O)Oc1ccc(N=C(N)N)cc1.Cc1ccc(S(=O)(=O)O)cc1. The van der Waals surface area contributed by atoms with Gasteiger partial charge in [0, 0.05) is 6.54 Å². The van der Waals surface area contributed by atoms with Gasteiger partial charge >= 0.3 is 12.1 Å². The van der Waals surface area contributed by atoms with Gasteiger partial charge in [-0.2, -0.15) is 8.42 Å². The minimum atomic E-state index is -4.02. The molecule has 1 amide bonds. The van der Waals surface area contributed by atoms with Crippen LogP contribution in [0.5, 0.6) is 5.75 Å². The van der Waals surface area contributed by atoms with E-state index in [0.29, 0.717) is 11.4 Å². The summed E-state index contributed by atoms with van der Waals surface area (Å²) in [5.74, 6) is -0.166. The molecular weight excluding hydrogens is 464 g/mol. The maximum absolute atomic E-state index is 11.7. The fourth-order valence-electron chi connectivity index (χ4n) is 2.21. The highest BCUT2D eigenvalue weighted by molar-refractivity contribution is 7.85. The number of esters is 1. The second-order valence-electron chi connectivity index (χ2n) is 7.97.